The number of hydrogen-bond acceptors (Lipinski definition) is 1. The molecule has 1 fully saturated rings. The van der Waals surface area contributed by atoms with Crippen LogP contribution >= 0.6 is 0 Å². The summed E-state index contributed by atoms with van der Waals surface area (Å²) in [6, 6.07) is 7.74. The molecule has 0 heterocycles. The zero-order valence-corrected chi connectivity index (χ0v) is 11.3. The van der Waals surface area contributed by atoms with Crippen LogP contribution in [0.4, 0.5) is 4.39 Å². The van der Waals surface area contributed by atoms with E-state index in [0.29, 0.717) is 6.04 Å². The highest BCUT2D eigenvalue weighted by molar-refractivity contribution is 5.17. The molecule has 1 aliphatic rings. The van der Waals surface area contributed by atoms with E-state index < -0.39 is 0 Å². The highest BCUT2D eigenvalue weighted by Crippen LogP contribution is 2.26. The third-order valence-electron chi connectivity index (χ3n) is 4.19. The lowest BCUT2D eigenvalue weighted by molar-refractivity contribution is 0.257. The molecule has 2 rings (SSSR count). The van der Waals surface area contributed by atoms with Crippen LogP contribution in [0.3, 0.4) is 0 Å². The topological polar surface area (TPSA) is 12.0 Å². The molecule has 2 atom stereocenters. The van der Waals surface area contributed by atoms with Gasteiger partial charge in [-0.1, -0.05) is 44.4 Å². The number of rotatable bonds is 5. The smallest absolute Gasteiger partial charge is 0.126 e. The van der Waals surface area contributed by atoms with Crippen LogP contribution in [0, 0.1) is 11.7 Å². The van der Waals surface area contributed by atoms with Crippen molar-refractivity contribution in [2.75, 3.05) is 6.54 Å². The minimum absolute atomic E-state index is 0.0741. The Kier molecular flexibility index (Phi) is 5.18. The number of hydrogen-bond donors (Lipinski definition) is 1. The molecule has 0 bridgehead atoms. The zero-order chi connectivity index (χ0) is 12.8. The van der Waals surface area contributed by atoms with Crippen molar-refractivity contribution in [2.24, 2.45) is 5.92 Å². The van der Waals surface area contributed by atoms with E-state index in [1.165, 1.54) is 32.1 Å². The van der Waals surface area contributed by atoms with Crippen LogP contribution in [0.25, 0.3) is 0 Å². The van der Waals surface area contributed by atoms with E-state index in [2.05, 4.69) is 12.2 Å². The first-order chi connectivity index (χ1) is 8.81. The molecule has 0 aliphatic heterocycles. The number of halogens is 1. The monoisotopic (exact) mass is 249 g/mol. The summed E-state index contributed by atoms with van der Waals surface area (Å²) in [5.41, 5.74) is 0.828. The quantitative estimate of drug-likeness (QED) is 0.834. The predicted octanol–water partition coefficient (Wildman–Crippen LogP) is 3.93. The van der Waals surface area contributed by atoms with Gasteiger partial charge in [0.15, 0.2) is 0 Å². The molecule has 2 heteroatoms. The Morgan fingerprint density at radius 2 is 2.00 bits per heavy atom. The molecule has 100 valence electrons. The molecule has 0 spiro atoms. The first kappa shape index (κ1) is 13.5. The average molecular weight is 249 g/mol. The molecule has 1 aromatic rings. The Bertz CT molecular complexity index is 364. The number of nitrogens with one attached hydrogen (secondary N) is 1. The Morgan fingerprint density at radius 3 is 2.78 bits per heavy atom. The molecule has 2 unspecified atom stereocenters. The molecule has 18 heavy (non-hydrogen) atoms. The lowest BCUT2D eigenvalue weighted by atomic mass is 9.83. The second kappa shape index (κ2) is 6.89. The summed E-state index contributed by atoms with van der Waals surface area (Å²) >= 11 is 0. The molecule has 0 amide bonds. The Labute approximate surface area is 110 Å². The minimum atomic E-state index is -0.0741. The van der Waals surface area contributed by atoms with Crippen LogP contribution in [0.5, 0.6) is 0 Å². The van der Waals surface area contributed by atoms with E-state index in [4.69, 9.17) is 0 Å². The van der Waals surface area contributed by atoms with E-state index in [1.807, 2.05) is 12.1 Å². The standard InChI is InChI=1S/C16H24FN/c1-2-13-7-4-6-10-16(13)18-12-11-14-8-3-5-9-15(14)17/h3,5,8-9,13,16,18H,2,4,6-7,10-12H2,1H3. The van der Waals surface area contributed by atoms with E-state index in [-0.39, 0.29) is 5.82 Å². The lowest BCUT2D eigenvalue weighted by Gasteiger charge is -2.31. The van der Waals surface area contributed by atoms with Gasteiger partial charge in [-0.15, -0.1) is 0 Å². The average Bonchev–Trinajstić information content (AvgIpc) is 2.41. The van der Waals surface area contributed by atoms with Gasteiger partial charge in [-0.3, -0.25) is 0 Å². The van der Waals surface area contributed by atoms with Gasteiger partial charge in [0.05, 0.1) is 0 Å². The summed E-state index contributed by atoms with van der Waals surface area (Å²) in [4.78, 5) is 0. The molecular formula is C16H24FN. The van der Waals surface area contributed by atoms with Crippen LogP contribution in [0.15, 0.2) is 24.3 Å². The molecule has 1 aromatic carbocycles. The molecule has 0 saturated heterocycles. The van der Waals surface area contributed by atoms with Crippen molar-refractivity contribution in [1.29, 1.82) is 0 Å². The fourth-order valence-corrected chi connectivity index (χ4v) is 3.06. The molecule has 1 aliphatic carbocycles. The van der Waals surface area contributed by atoms with Gasteiger partial charge in [-0.05, 0) is 43.4 Å². The molecule has 1 saturated carbocycles. The summed E-state index contributed by atoms with van der Waals surface area (Å²) in [5, 5.41) is 3.63. The highest BCUT2D eigenvalue weighted by atomic mass is 19.1. The fraction of sp³-hybridized carbons (Fsp3) is 0.625. The summed E-state index contributed by atoms with van der Waals surface area (Å²) < 4.78 is 13.5. The predicted molar refractivity (Wildman–Crippen MR) is 74.1 cm³/mol. The van der Waals surface area contributed by atoms with Gasteiger partial charge < -0.3 is 5.32 Å². The summed E-state index contributed by atoms with van der Waals surface area (Å²) in [6.45, 7) is 3.17. The van der Waals surface area contributed by atoms with Gasteiger partial charge in [-0.2, -0.15) is 0 Å². The third-order valence-corrected chi connectivity index (χ3v) is 4.19. The molecule has 1 nitrogen and oxygen atoms in total. The second-order valence-corrected chi connectivity index (χ2v) is 5.35. The normalized spacial score (nSPS) is 24.1. The van der Waals surface area contributed by atoms with E-state index in [1.54, 1.807) is 12.1 Å². The second-order valence-electron chi connectivity index (χ2n) is 5.35. The SMILES string of the molecule is CCC1CCCCC1NCCc1ccccc1F. The maximum absolute atomic E-state index is 13.5. The Balaban J connectivity index is 1.79. The van der Waals surface area contributed by atoms with Crippen LogP contribution in [0.1, 0.15) is 44.6 Å². The summed E-state index contributed by atoms with van der Waals surface area (Å²) in [6.07, 6.45) is 7.42. The van der Waals surface area contributed by atoms with Crippen molar-refractivity contribution in [2.45, 2.75) is 51.5 Å². The molecule has 0 aromatic heterocycles. The van der Waals surface area contributed by atoms with Crippen LogP contribution in [0.2, 0.25) is 0 Å². The molecular weight excluding hydrogens is 225 g/mol. The fourth-order valence-electron chi connectivity index (χ4n) is 3.06. The van der Waals surface area contributed by atoms with Crippen molar-refractivity contribution >= 4 is 0 Å². The van der Waals surface area contributed by atoms with Gasteiger partial charge in [0.2, 0.25) is 0 Å². The highest BCUT2D eigenvalue weighted by Gasteiger charge is 2.22. The first-order valence-corrected chi connectivity index (χ1v) is 7.28. The van der Waals surface area contributed by atoms with Crippen molar-refractivity contribution in [3.63, 3.8) is 0 Å². The van der Waals surface area contributed by atoms with Crippen LogP contribution in [-0.2, 0) is 6.42 Å². The van der Waals surface area contributed by atoms with Gasteiger partial charge in [0, 0.05) is 6.04 Å². The van der Waals surface area contributed by atoms with Gasteiger partial charge in [0.25, 0.3) is 0 Å². The molecule has 1 N–H and O–H groups in total. The van der Waals surface area contributed by atoms with Crippen molar-refractivity contribution < 1.29 is 4.39 Å². The van der Waals surface area contributed by atoms with Crippen LogP contribution < -0.4 is 5.32 Å². The minimum Gasteiger partial charge on any atom is -0.313 e. The Morgan fingerprint density at radius 1 is 1.22 bits per heavy atom. The van der Waals surface area contributed by atoms with Crippen LogP contribution in [-0.4, -0.2) is 12.6 Å². The summed E-state index contributed by atoms with van der Waals surface area (Å²) in [5.74, 6) is 0.745. The van der Waals surface area contributed by atoms with E-state index >= 15 is 0 Å². The zero-order valence-electron chi connectivity index (χ0n) is 11.3. The Hall–Kier alpha value is -0.890. The largest absolute Gasteiger partial charge is 0.313 e. The van der Waals surface area contributed by atoms with Crippen molar-refractivity contribution in [3.05, 3.63) is 35.6 Å². The van der Waals surface area contributed by atoms with Gasteiger partial charge in [0.1, 0.15) is 5.82 Å². The third kappa shape index (κ3) is 3.55. The van der Waals surface area contributed by atoms with Gasteiger partial charge in [-0.25, -0.2) is 4.39 Å². The summed E-state index contributed by atoms with van der Waals surface area (Å²) in [7, 11) is 0. The van der Waals surface area contributed by atoms with E-state index in [9.17, 15) is 4.39 Å². The maximum atomic E-state index is 13.5. The van der Waals surface area contributed by atoms with Crippen molar-refractivity contribution in [3.8, 4) is 0 Å². The van der Waals surface area contributed by atoms with Gasteiger partial charge >= 0.3 is 0 Å². The lowest BCUT2D eigenvalue weighted by Crippen LogP contribution is -2.39. The first-order valence-electron chi connectivity index (χ1n) is 7.28. The van der Waals surface area contributed by atoms with Crippen molar-refractivity contribution in [1.82, 2.24) is 5.32 Å². The molecule has 0 radical (unpaired) electrons. The number of benzene rings is 1. The van der Waals surface area contributed by atoms with E-state index in [0.717, 1.165) is 24.4 Å². The maximum Gasteiger partial charge on any atom is 0.126 e.